The van der Waals surface area contributed by atoms with E-state index in [1.807, 2.05) is 43.1 Å². The summed E-state index contributed by atoms with van der Waals surface area (Å²) in [6.07, 6.45) is 0. The van der Waals surface area contributed by atoms with Crippen LogP contribution >= 0.6 is 0 Å². The SMILES string of the molecule is CC(C)(C)C1=C(C(C)(C)C)[Si]23C(C(C)(C)C)=C(C(C)(C)C)C2(C(C)(C)C)[Si](=[Si]2[C@@]4(C(C)(C)C)C(C(C)(C)C)=C(C(C)(C)C)[Si]45C(C(C)(C)C)=C(C(C)(C)C)[C@]25C(C)(C)C)C13C(C)(C)C. The van der Waals surface area contributed by atoms with Crippen LogP contribution in [0, 0.1) is 65.0 Å². The maximum Gasteiger partial charge on any atom is 0.131 e. The lowest BCUT2D eigenvalue weighted by Crippen LogP contribution is -3.02. The Bertz CT molecular complexity index is 1940. The van der Waals surface area contributed by atoms with E-state index in [4.69, 9.17) is 0 Å². The van der Waals surface area contributed by atoms with E-state index in [9.17, 15) is 0 Å². The van der Waals surface area contributed by atoms with Crippen molar-refractivity contribution in [2.45, 2.75) is 268 Å². The predicted octanol–water partition coefficient (Wildman–Crippen LogP) is 19.0. The quantitative estimate of drug-likeness (QED) is 0.212. The summed E-state index contributed by atoms with van der Waals surface area (Å²) >= 11 is 0. The average Bonchev–Trinajstić information content (AvgIpc) is 2.84. The molecule has 0 saturated carbocycles. The minimum absolute atomic E-state index is 0.0802. The molecule has 0 aromatic carbocycles. The summed E-state index contributed by atoms with van der Waals surface area (Å²) in [5.74, 6) is 0. The normalized spacial score (nSPS) is 34.3. The summed E-state index contributed by atoms with van der Waals surface area (Å²) in [7, 11) is -7.66. The standard InChI is InChI=1S/C60H108Si4/c1-45(2,3)37-41(49(13,14)15)63-42(50(16,17)18)38(46(4,5)6)58(63,54(28,29)30)61(57(37,63)53(25,26)27)62-59(55(31,32)33)39(47(7,8)9)43(51(19,20)21)64(59)44(52(22,23)24)40(48(10,11)12)60(62,64)56(34,35)36/h1-36H3/t57-,58-,59?,60?,63?,64?/m0/s1. The summed E-state index contributed by atoms with van der Waals surface area (Å²) in [4.78, 5) is 0. The van der Waals surface area contributed by atoms with Gasteiger partial charge in [0, 0.05) is 34.4 Å². The molecule has 64 heavy (non-hydrogen) atoms. The highest BCUT2D eigenvalue weighted by Gasteiger charge is 3.04. The minimum atomic E-state index is -2.52. The molecule has 2 fully saturated rings. The van der Waals surface area contributed by atoms with E-state index in [0.29, 0.717) is 0 Å². The van der Waals surface area contributed by atoms with Gasteiger partial charge in [-0.05, 0) is 65.0 Å². The molecular formula is C60H108Si4. The van der Waals surface area contributed by atoms with Gasteiger partial charge in [-0.3, -0.25) is 0 Å². The highest BCUT2D eigenvalue weighted by molar-refractivity contribution is 7.41. The lowest BCUT2D eigenvalue weighted by Gasteiger charge is -2.99. The first kappa shape index (κ1) is 53.2. The Balaban J connectivity index is 2.25. The van der Waals surface area contributed by atoms with Gasteiger partial charge < -0.3 is 0 Å². The van der Waals surface area contributed by atoms with E-state index in [-0.39, 0.29) is 83.6 Å². The molecule has 4 atom stereocenters. The molecule has 4 heteroatoms. The summed E-state index contributed by atoms with van der Waals surface area (Å²) in [6, 6.07) is 0. The lowest BCUT2D eigenvalue weighted by atomic mass is 9.68. The van der Waals surface area contributed by atoms with Gasteiger partial charge in [0.2, 0.25) is 0 Å². The van der Waals surface area contributed by atoms with Gasteiger partial charge in [-0.2, -0.15) is 0 Å². The van der Waals surface area contributed by atoms with Crippen molar-refractivity contribution in [1.82, 2.24) is 0 Å². The Morgan fingerprint density at radius 3 is 0.422 bits per heavy atom. The number of allylic oxidation sites excluding steroid dienone is 8. The second kappa shape index (κ2) is 12.6. The Morgan fingerprint density at radius 2 is 0.344 bits per heavy atom. The second-order valence-corrected chi connectivity index (χ2v) is 52.8. The van der Waals surface area contributed by atoms with Crippen molar-refractivity contribution in [2.24, 2.45) is 65.0 Å². The van der Waals surface area contributed by atoms with Crippen molar-refractivity contribution in [2.75, 3.05) is 0 Å². The largest absolute Gasteiger partial charge is 0.131 e. The van der Waals surface area contributed by atoms with E-state index in [1.165, 1.54) is 0 Å². The lowest BCUT2D eigenvalue weighted by molar-refractivity contribution is 0.184. The van der Waals surface area contributed by atoms with E-state index < -0.39 is 31.9 Å². The molecule has 0 radical (unpaired) electrons. The summed E-state index contributed by atoms with van der Waals surface area (Å²) in [6.45, 7) is 98.1. The fraction of sp³-hybridized carbons (Fsp3) is 0.867. The van der Waals surface area contributed by atoms with Crippen molar-refractivity contribution < 1.29 is 0 Å². The van der Waals surface area contributed by atoms with Crippen molar-refractivity contribution in [3.63, 3.8) is 0 Å². The molecule has 6 heterocycles. The van der Waals surface area contributed by atoms with Crippen LogP contribution in [-0.2, 0) is 0 Å². The third kappa shape index (κ3) is 5.10. The van der Waals surface area contributed by atoms with Crippen LogP contribution in [0.4, 0.5) is 0 Å². The summed E-state index contributed by atoms with van der Waals surface area (Å²) in [5.41, 5.74) is 9.15. The van der Waals surface area contributed by atoms with Crippen LogP contribution in [0.2, 0.25) is 18.6 Å². The van der Waals surface area contributed by atoms with Crippen molar-refractivity contribution in [1.29, 1.82) is 0 Å². The molecule has 0 aromatic heterocycles. The van der Waals surface area contributed by atoms with E-state index in [2.05, 4.69) is 249 Å². The third-order valence-corrected chi connectivity index (χ3v) is 58.0. The fourth-order valence-corrected chi connectivity index (χ4v) is 82.2. The molecule has 2 unspecified atom stereocenters. The van der Waals surface area contributed by atoms with Crippen LogP contribution in [0.25, 0.3) is 0 Å². The smallest absolute Gasteiger partial charge is 0.0689 e. The van der Waals surface area contributed by atoms with Gasteiger partial charge in [0.1, 0.15) is 16.1 Å². The van der Waals surface area contributed by atoms with Crippen LogP contribution in [-0.4, -0.2) is 31.9 Å². The summed E-state index contributed by atoms with van der Waals surface area (Å²) < 4.78 is 0.954. The molecular weight excluding hydrogens is 833 g/mol. The maximum absolute atomic E-state index is 2.82. The first-order valence-electron chi connectivity index (χ1n) is 26.2. The molecule has 0 N–H and O–H groups in total. The van der Waals surface area contributed by atoms with Gasteiger partial charge in [0.05, 0.1) is 0 Å². The number of hydrogen-bond donors (Lipinski definition) is 0. The zero-order chi connectivity index (χ0) is 50.8. The molecule has 6 aliphatic heterocycles. The highest BCUT2D eigenvalue weighted by atomic mass is 28.9. The predicted molar refractivity (Wildman–Crippen MR) is 295 cm³/mol. The zero-order valence-corrected chi connectivity index (χ0v) is 54.0. The number of hydrogen-bond acceptors (Lipinski definition) is 0. The van der Waals surface area contributed by atoms with Gasteiger partial charge in [-0.1, -0.05) is 292 Å². The van der Waals surface area contributed by atoms with E-state index in [1.54, 1.807) is 0 Å². The topological polar surface area (TPSA) is 0 Å². The van der Waals surface area contributed by atoms with E-state index >= 15 is 0 Å². The fourth-order valence-electron chi connectivity index (χ4n) is 19.5. The molecule has 2 saturated heterocycles. The van der Waals surface area contributed by atoms with Gasteiger partial charge in [0.25, 0.3) is 0 Å². The van der Waals surface area contributed by atoms with Crippen LogP contribution in [0.3, 0.4) is 0 Å². The second-order valence-electron chi connectivity index (χ2n) is 35.2. The maximum atomic E-state index is 2.82. The molecule has 6 aliphatic rings. The van der Waals surface area contributed by atoms with Crippen molar-refractivity contribution in [3.05, 3.63) is 43.1 Å². The van der Waals surface area contributed by atoms with Crippen LogP contribution in [0.15, 0.2) is 43.1 Å². The molecule has 364 valence electrons. The average molecular weight is 942 g/mol. The zero-order valence-electron chi connectivity index (χ0n) is 50.0. The van der Waals surface area contributed by atoms with Gasteiger partial charge >= 0.3 is 0 Å². The molecule has 0 aromatic rings. The summed E-state index contributed by atoms with van der Waals surface area (Å²) in [5, 5.41) is 8.04. The van der Waals surface area contributed by atoms with Crippen LogP contribution < -0.4 is 0 Å². The molecule has 0 nitrogen and oxygen atoms in total. The molecule has 0 aliphatic carbocycles. The third-order valence-electron chi connectivity index (χ3n) is 18.5. The Kier molecular flexibility index (Phi) is 10.5. The van der Waals surface area contributed by atoms with Gasteiger partial charge in [0.15, 0.2) is 0 Å². The first-order chi connectivity index (χ1) is 27.4. The van der Waals surface area contributed by atoms with E-state index in [0.717, 1.165) is 0 Å². The Labute approximate surface area is 405 Å². The van der Waals surface area contributed by atoms with Gasteiger partial charge in [-0.25, -0.2) is 0 Å². The van der Waals surface area contributed by atoms with Crippen molar-refractivity contribution >= 4 is 31.9 Å². The Morgan fingerprint density at radius 1 is 0.219 bits per heavy atom. The monoisotopic (exact) mass is 941 g/mol. The highest BCUT2D eigenvalue weighted by Crippen LogP contribution is 3.04. The molecule has 6 rings (SSSR count). The molecule has 0 amide bonds. The van der Waals surface area contributed by atoms with Crippen LogP contribution in [0.1, 0.15) is 249 Å². The van der Waals surface area contributed by atoms with Crippen molar-refractivity contribution in [3.8, 4) is 0 Å². The van der Waals surface area contributed by atoms with Gasteiger partial charge in [-0.15, -0.1) is 0 Å². The molecule has 0 bridgehead atoms. The Hall–Kier alpha value is -0.172. The first-order valence-corrected chi connectivity index (χ1v) is 34.2. The van der Waals surface area contributed by atoms with Crippen LogP contribution in [0.5, 0.6) is 0 Å². The minimum Gasteiger partial charge on any atom is -0.0689 e. The molecule has 2 spiro atoms. The number of rotatable bonds is 0.